The Morgan fingerprint density at radius 2 is 2.28 bits per heavy atom. The molecule has 25 heavy (non-hydrogen) atoms. The number of hydrogen-bond donors (Lipinski definition) is 1. The maximum absolute atomic E-state index is 12.4. The quantitative estimate of drug-likeness (QED) is 0.907. The van der Waals surface area contributed by atoms with Crippen molar-refractivity contribution in [3.63, 3.8) is 0 Å². The maximum atomic E-state index is 12.4. The van der Waals surface area contributed by atoms with Crippen LogP contribution in [0.15, 0.2) is 24.4 Å². The van der Waals surface area contributed by atoms with E-state index in [2.05, 4.69) is 35.1 Å². The minimum atomic E-state index is 0.0496. The molecule has 2 aromatic rings. The molecule has 5 nitrogen and oxygen atoms in total. The van der Waals surface area contributed by atoms with Crippen LogP contribution < -0.4 is 15.0 Å². The molecule has 1 aromatic heterocycles. The van der Waals surface area contributed by atoms with E-state index in [0.29, 0.717) is 0 Å². The highest BCUT2D eigenvalue weighted by Gasteiger charge is 2.27. The van der Waals surface area contributed by atoms with Crippen LogP contribution >= 0.6 is 0 Å². The minimum absolute atomic E-state index is 0.0496. The van der Waals surface area contributed by atoms with Crippen molar-refractivity contribution < 1.29 is 9.53 Å². The monoisotopic (exact) mass is 341 g/mol. The second-order valence-electron chi connectivity index (χ2n) is 6.72. The average molecular weight is 341 g/mol. The first-order chi connectivity index (χ1) is 12.2. The summed E-state index contributed by atoms with van der Waals surface area (Å²) in [7, 11) is 1.67. The Labute approximate surface area is 149 Å². The van der Waals surface area contributed by atoms with Crippen molar-refractivity contribution in [1.82, 2.24) is 10.3 Å². The van der Waals surface area contributed by atoms with Crippen LogP contribution in [-0.4, -0.2) is 37.6 Å². The number of benzene rings is 1. The Hall–Kier alpha value is -2.30. The molecule has 1 fully saturated rings. The number of rotatable bonds is 5. The van der Waals surface area contributed by atoms with Gasteiger partial charge in [-0.15, -0.1) is 0 Å². The van der Waals surface area contributed by atoms with Crippen LogP contribution in [0.5, 0.6) is 5.75 Å². The van der Waals surface area contributed by atoms with Gasteiger partial charge < -0.3 is 15.0 Å². The van der Waals surface area contributed by atoms with Crippen LogP contribution in [0.25, 0.3) is 10.9 Å². The molecule has 0 aliphatic carbocycles. The van der Waals surface area contributed by atoms with E-state index in [1.165, 1.54) is 5.69 Å². The molecule has 1 aliphatic rings. The van der Waals surface area contributed by atoms with Crippen LogP contribution in [0.2, 0.25) is 0 Å². The largest absolute Gasteiger partial charge is 0.494 e. The summed E-state index contributed by atoms with van der Waals surface area (Å²) in [6.07, 6.45) is 4.85. The van der Waals surface area contributed by atoms with Gasteiger partial charge in [0.25, 0.3) is 0 Å². The highest BCUT2D eigenvalue weighted by atomic mass is 16.5. The van der Waals surface area contributed by atoms with Crippen molar-refractivity contribution in [2.45, 2.75) is 33.1 Å². The Bertz CT molecular complexity index is 760. The van der Waals surface area contributed by atoms with E-state index in [-0.39, 0.29) is 11.8 Å². The second kappa shape index (κ2) is 7.72. The maximum Gasteiger partial charge on any atom is 0.224 e. The summed E-state index contributed by atoms with van der Waals surface area (Å²) in [5.74, 6) is 1.02. The molecular formula is C20H27N3O2. The third kappa shape index (κ3) is 3.55. The standard InChI is InChI=1S/C20H27N3O2/c1-4-10-21-20(24)15-7-6-11-23(13-15)19-14(2)12-22-18-16(19)8-5-9-17(18)25-3/h5,8-9,12,15H,4,6-7,10-11,13H2,1-3H3,(H,21,24)/t15-/m0/s1. The number of methoxy groups -OCH3 is 1. The predicted octanol–water partition coefficient (Wildman–Crippen LogP) is 3.29. The Kier molecular flexibility index (Phi) is 5.41. The molecule has 1 aliphatic heterocycles. The number of carbonyl (C=O) groups is 1. The number of piperidine rings is 1. The third-order valence-corrected chi connectivity index (χ3v) is 4.89. The van der Waals surface area contributed by atoms with E-state index < -0.39 is 0 Å². The fraction of sp³-hybridized carbons (Fsp3) is 0.500. The number of para-hydroxylation sites is 1. The van der Waals surface area contributed by atoms with E-state index in [4.69, 9.17) is 4.74 Å². The van der Waals surface area contributed by atoms with Gasteiger partial charge in [-0.1, -0.05) is 19.1 Å². The molecule has 0 spiro atoms. The molecule has 1 aromatic carbocycles. The molecule has 1 saturated heterocycles. The molecule has 2 heterocycles. The van der Waals surface area contributed by atoms with Crippen molar-refractivity contribution in [3.05, 3.63) is 30.0 Å². The summed E-state index contributed by atoms with van der Waals surface area (Å²) in [6, 6.07) is 6.03. The number of nitrogens with zero attached hydrogens (tertiary/aromatic N) is 2. The van der Waals surface area contributed by atoms with Gasteiger partial charge in [-0.2, -0.15) is 0 Å². The summed E-state index contributed by atoms with van der Waals surface area (Å²) in [4.78, 5) is 19.3. The first kappa shape index (κ1) is 17.5. The smallest absolute Gasteiger partial charge is 0.224 e. The lowest BCUT2D eigenvalue weighted by molar-refractivity contribution is -0.125. The van der Waals surface area contributed by atoms with E-state index in [1.54, 1.807) is 7.11 Å². The van der Waals surface area contributed by atoms with Gasteiger partial charge in [-0.05, 0) is 37.8 Å². The molecule has 0 radical (unpaired) electrons. The Morgan fingerprint density at radius 1 is 1.44 bits per heavy atom. The molecule has 5 heteroatoms. The number of nitrogens with one attached hydrogen (secondary N) is 1. The number of pyridine rings is 1. The highest BCUT2D eigenvalue weighted by molar-refractivity contribution is 5.96. The first-order valence-corrected chi connectivity index (χ1v) is 9.10. The lowest BCUT2D eigenvalue weighted by Crippen LogP contribution is -2.43. The number of amides is 1. The number of hydrogen-bond acceptors (Lipinski definition) is 4. The molecule has 3 rings (SSSR count). The zero-order valence-electron chi connectivity index (χ0n) is 15.3. The molecule has 0 bridgehead atoms. The second-order valence-corrected chi connectivity index (χ2v) is 6.72. The number of ether oxygens (including phenoxy) is 1. The van der Waals surface area contributed by atoms with Gasteiger partial charge in [0.15, 0.2) is 0 Å². The van der Waals surface area contributed by atoms with Crippen LogP contribution in [0.4, 0.5) is 5.69 Å². The number of aryl methyl sites for hydroxylation is 1. The number of aromatic nitrogens is 1. The average Bonchev–Trinajstić information content (AvgIpc) is 2.65. The number of fused-ring (bicyclic) bond motifs is 1. The van der Waals surface area contributed by atoms with Gasteiger partial charge in [0, 0.05) is 31.2 Å². The molecule has 134 valence electrons. The van der Waals surface area contributed by atoms with E-state index in [1.807, 2.05) is 18.3 Å². The number of anilines is 1. The van der Waals surface area contributed by atoms with Gasteiger partial charge in [0.1, 0.15) is 11.3 Å². The lowest BCUT2D eigenvalue weighted by Gasteiger charge is -2.35. The van der Waals surface area contributed by atoms with E-state index in [9.17, 15) is 4.79 Å². The van der Waals surface area contributed by atoms with Crippen LogP contribution in [0.1, 0.15) is 31.7 Å². The summed E-state index contributed by atoms with van der Waals surface area (Å²) < 4.78 is 5.47. The van der Waals surface area contributed by atoms with Crippen molar-refractivity contribution in [2.24, 2.45) is 5.92 Å². The zero-order valence-corrected chi connectivity index (χ0v) is 15.3. The fourth-order valence-corrected chi connectivity index (χ4v) is 3.65. The summed E-state index contributed by atoms with van der Waals surface area (Å²) in [6.45, 7) is 6.64. The van der Waals surface area contributed by atoms with Gasteiger partial charge in [-0.3, -0.25) is 9.78 Å². The van der Waals surface area contributed by atoms with Gasteiger partial charge in [0.2, 0.25) is 5.91 Å². The van der Waals surface area contributed by atoms with E-state index >= 15 is 0 Å². The van der Waals surface area contributed by atoms with Crippen LogP contribution in [0.3, 0.4) is 0 Å². The molecule has 1 N–H and O–H groups in total. The van der Waals surface area contributed by atoms with Gasteiger partial charge in [-0.25, -0.2) is 0 Å². The van der Waals surface area contributed by atoms with Crippen LogP contribution in [-0.2, 0) is 4.79 Å². The normalized spacial score (nSPS) is 17.6. The Balaban J connectivity index is 1.93. The summed E-state index contributed by atoms with van der Waals surface area (Å²) >= 11 is 0. The van der Waals surface area contributed by atoms with Crippen molar-refractivity contribution in [3.8, 4) is 5.75 Å². The highest BCUT2D eigenvalue weighted by Crippen LogP contribution is 2.35. The molecule has 1 amide bonds. The van der Waals surface area contributed by atoms with E-state index in [0.717, 1.165) is 61.1 Å². The summed E-state index contributed by atoms with van der Waals surface area (Å²) in [5, 5.41) is 4.14. The van der Waals surface area contributed by atoms with Crippen molar-refractivity contribution in [1.29, 1.82) is 0 Å². The van der Waals surface area contributed by atoms with Gasteiger partial charge in [0.05, 0.1) is 18.7 Å². The predicted molar refractivity (Wildman–Crippen MR) is 101 cm³/mol. The topological polar surface area (TPSA) is 54.5 Å². The van der Waals surface area contributed by atoms with Crippen molar-refractivity contribution in [2.75, 3.05) is 31.6 Å². The molecule has 0 saturated carbocycles. The SMILES string of the molecule is CCCNC(=O)[C@H]1CCCN(c2c(C)cnc3c(OC)cccc23)C1. The zero-order chi connectivity index (χ0) is 17.8. The minimum Gasteiger partial charge on any atom is -0.494 e. The number of carbonyl (C=O) groups excluding carboxylic acids is 1. The lowest BCUT2D eigenvalue weighted by atomic mass is 9.95. The van der Waals surface area contributed by atoms with Gasteiger partial charge >= 0.3 is 0 Å². The molecular weight excluding hydrogens is 314 g/mol. The fourth-order valence-electron chi connectivity index (χ4n) is 3.65. The van der Waals surface area contributed by atoms with Crippen molar-refractivity contribution >= 4 is 22.5 Å². The Morgan fingerprint density at radius 3 is 3.04 bits per heavy atom. The van der Waals surface area contributed by atoms with Crippen LogP contribution in [0, 0.1) is 12.8 Å². The molecule has 0 unspecified atom stereocenters. The first-order valence-electron chi connectivity index (χ1n) is 9.10. The third-order valence-electron chi connectivity index (χ3n) is 4.89. The molecule has 1 atom stereocenters. The summed E-state index contributed by atoms with van der Waals surface area (Å²) in [5.41, 5.74) is 3.19.